The van der Waals surface area contributed by atoms with E-state index in [9.17, 15) is 4.79 Å². The molecular weight excluding hydrogens is 701 g/mol. The van der Waals surface area contributed by atoms with Gasteiger partial charge in [0.25, 0.3) is 0 Å². The highest BCUT2D eigenvalue weighted by Crippen LogP contribution is 2.37. The number of benzene rings is 8. The van der Waals surface area contributed by atoms with Gasteiger partial charge in [-0.3, -0.25) is 4.79 Å². The Bertz CT molecular complexity index is 2550. The van der Waals surface area contributed by atoms with E-state index in [1.807, 2.05) is 79.7 Å². The smallest absolute Gasteiger partial charge is 0.193 e. The molecule has 0 saturated heterocycles. The van der Waals surface area contributed by atoms with Crippen LogP contribution in [0.25, 0.3) is 10.8 Å². The van der Waals surface area contributed by atoms with Crippen molar-refractivity contribution < 1.29 is 14.3 Å². The molecule has 5 heteroatoms. The van der Waals surface area contributed by atoms with Crippen molar-refractivity contribution in [3.63, 3.8) is 0 Å². The van der Waals surface area contributed by atoms with Crippen LogP contribution >= 0.6 is 0 Å². The molecule has 0 aromatic heterocycles. The van der Waals surface area contributed by atoms with Gasteiger partial charge in [0.15, 0.2) is 5.78 Å². The second kappa shape index (κ2) is 17.6. The van der Waals surface area contributed by atoms with Gasteiger partial charge in [-0.2, -0.15) is 0 Å². The maximum atomic E-state index is 12.8. The highest BCUT2D eigenvalue weighted by atomic mass is 16.5. The molecule has 0 unspecified atom stereocenters. The number of aryl methyl sites for hydroxylation is 3. The number of ether oxygens (including phenoxy) is 2. The minimum atomic E-state index is 0.000732. The van der Waals surface area contributed by atoms with E-state index in [1.54, 1.807) is 7.11 Å². The molecule has 57 heavy (non-hydrogen) atoms. The molecule has 0 fully saturated rings. The molecule has 5 nitrogen and oxygen atoms in total. The number of ketones is 1. The molecule has 0 heterocycles. The van der Waals surface area contributed by atoms with Crippen LogP contribution in [-0.2, 0) is 0 Å². The van der Waals surface area contributed by atoms with Crippen molar-refractivity contribution in [2.75, 3.05) is 24.0 Å². The topological polar surface area (TPSA) is 42.0 Å². The molecule has 0 radical (unpaired) electrons. The monoisotopic (exact) mass is 746 g/mol. The summed E-state index contributed by atoms with van der Waals surface area (Å²) in [5.41, 5.74) is 10.5. The van der Waals surface area contributed by atoms with Crippen LogP contribution in [0.2, 0.25) is 0 Å². The summed E-state index contributed by atoms with van der Waals surface area (Å²) >= 11 is 0. The Morgan fingerprint density at radius 3 is 1.33 bits per heavy atom. The lowest BCUT2D eigenvalue weighted by Crippen LogP contribution is -2.09. The van der Waals surface area contributed by atoms with Crippen molar-refractivity contribution in [3.05, 3.63) is 216 Å². The number of anilines is 5. The van der Waals surface area contributed by atoms with E-state index in [0.717, 1.165) is 39.8 Å². The molecule has 0 atom stereocenters. The highest BCUT2D eigenvalue weighted by Gasteiger charge is 2.14. The fraction of sp³-hybridized carbons (Fsp3) is 0.0962. The Balaban J connectivity index is 0.000000244. The molecule has 0 aliphatic carbocycles. The van der Waals surface area contributed by atoms with Crippen molar-refractivity contribution in [1.29, 1.82) is 0 Å². The minimum Gasteiger partial charge on any atom is -0.497 e. The van der Waals surface area contributed by atoms with Crippen LogP contribution in [0.1, 0.15) is 32.6 Å². The molecule has 0 N–H and O–H groups in total. The summed E-state index contributed by atoms with van der Waals surface area (Å²) in [5, 5.41) is 2.41. The lowest BCUT2D eigenvalue weighted by Gasteiger charge is -2.26. The normalized spacial score (nSPS) is 10.6. The van der Waals surface area contributed by atoms with E-state index in [-0.39, 0.29) is 5.78 Å². The van der Waals surface area contributed by atoms with Gasteiger partial charge >= 0.3 is 0 Å². The third-order valence-corrected chi connectivity index (χ3v) is 9.93. The first kappa shape index (κ1) is 38.2. The lowest BCUT2D eigenvalue weighted by molar-refractivity contribution is 0.103. The number of fused-ring (bicyclic) bond motifs is 1. The fourth-order valence-electron chi connectivity index (χ4n) is 6.53. The van der Waals surface area contributed by atoms with Gasteiger partial charge in [-0.15, -0.1) is 0 Å². The predicted octanol–water partition coefficient (Wildman–Crippen LogP) is 13.7. The Morgan fingerprint density at radius 2 is 0.807 bits per heavy atom. The fourth-order valence-corrected chi connectivity index (χ4v) is 6.53. The molecule has 0 aliphatic heterocycles. The second-order valence-corrected chi connectivity index (χ2v) is 14.1. The maximum absolute atomic E-state index is 12.8. The first-order valence-corrected chi connectivity index (χ1v) is 19.0. The summed E-state index contributed by atoms with van der Waals surface area (Å²) < 4.78 is 11.3. The largest absolute Gasteiger partial charge is 0.497 e. The summed E-state index contributed by atoms with van der Waals surface area (Å²) in [6, 6.07) is 63.1. The minimum absolute atomic E-state index is 0.000732. The van der Waals surface area contributed by atoms with Crippen LogP contribution < -0.4 is 19.3 Å². The van der Waals surface area contributed by atoms with Gasteiger partial charge in [-0.1, -0.05) is 95.6 Å². The zero-order valence-corrected chi connectivity index (χ0v) is 33.0. The third kappa shape index (κ3) is 9.41. The molecule has 8 aromatic rings. The number of nitrogens with zero attached hydrogens (tertiary/aromatic N) is 2. The van der Waals surface area contributed by atoms with Crippen molar-refractivity contribution in [1.82, 2.24) is 0 Å². The molecular formula is C52H46N2O3. The van der Waals surface area contributed by atoms with Crippen molar-refractivity contribution in [2.45, 2.75) is 20.8 Å². The second-order valence-electron chi connectivity index (χ2n) is 14.1. The Labute approximate surface area is 336 Å². The van der Waals surface area contributed by atoms with Crippen molar-refractivity contribution in [2.24, 2.45) is 0 Å². The van der Waals surface area contributed by atoms with Crippen LogP contribution in [0.15, 0.2) is 188 Å². The number of rotatable bonds is 10. The number of carbonyl (C=O) groups excluding carboxylic acids is 1. The highest BCUT2D eigenvalue weighted by molar-refractivity contribution is 6.09. The molecule has 8 aromatic carbocycles. The average Bonchev–Trinajstić information content (AvgIpc) is 3.25. The van der Waals surface area contributed by atoms with E-state index in [4.69, 9.17) is 9.47 Å². The van der Waals surface area contributed by atoms with Gasteiger partial charge in [0, 0.05) is 46.6 Å². The summed E-state index contributed by atoms with van der Waals surface area (Å²) in [4.78, 5) is 17.2. The quantitative estimate of drug-likeness (QED) is 0.130. The molecule has 0 amide bonds. The standard InChI is InChI=1S/C37H29NO2.C15H17NO/c1-26-7-11-29(12-8-26)37(39)30-14-21-35(22-15-30)40-36-23-19-33(20-24-36)38(32-16-9-27(2)10-17-32)34-18-13-28-5-3-4-6-31(28)25-34;1-12-4-6-13(7-5-12)16(2)14-8-10-15(17-3)11-9-14/h3-25H,1-2H3;4-11H,1-3H3. The number of hydrogen-bond acceptors (Lipinski definition) is 5. The first-order valence-electron chi connectivity index (χ1n) is 19.0. The summed E-state index contributed by atoms with van der Waals surface area (Å²) in [6.07, 6.45) is 0. The van der Waals surface area contributed by atoms with Crippen LogP contribution in [0, 0.1) is 20.8 Å². The van der Waals surface area contributed by atoms with E-state index in [1.165, 1.54) is 27.6 Å². The summed E-state index contributed by atoms with van der Waals surface area (Å²) in [5.74, 6) is 2.29. The molecule has 0 aliphatic rings. The zero-order valence-electron chi connectivity index (χ0n) is 33.0. The van der Waals surface area contributed by atoms with E-state index >= 15 is 0 Å². The van der Waals surface area contributed by atoms with Gasteiger partial charge in [-0.25, -0.2) is 0 Å². The summed E-state index contributed by atoms with van der Waals surface area (Å²) in [7, 11) is 3.74. The first-order chi connectivity index (χ1) is 27.7. The molecule has 8 rings (SSSR count). The Kier molecular flexibility index (Phi) is 11.8. The van der Waals surface area contributed by atoms with E-state index in [0.29, 0.717) is 16.9 Å². The van der Waals surface area contributed by atoms with Gasteiger partial charge < -0.3 is 19.3 Å². The molecule has 0 bridgehead atoms. The van der Waals surface area contributed by atoms with Gasteiger partial charge in [-0.05, 0) is 141 Å². The van der Waals surface area contributed by atoms with Crippen LogP contribution in [0.3, 0.4) is 0 Å². The Morgan fingerprint density at radius 1 is 0.421 bits per heavy atom. The number of carbonyl (C=O) groups is 1. The van der Waals surface area contributed by atoms with Crippen LogP contribution in [0.5, 0.6) is 17.2 Å². The van der Waals surface area contributed by atoms with Gasteiger partial charge in [0.2, 0.25) is 0 Å². The van der Waals surface area contributed by atoms with Gasteiger partial charge in [0.1, 0.15) is 17.2 Å². The molecule has 282 valence electrons. The van der Waals surface area contributed by atoms with Crippen molar-refractivity contribution >= 4 is 45.0 Å². The van der Waals surface area contributed by atoms with Crippen LogP contribution in [-0.4, -0.2) is 19.9 Å². The molecule has 0 spiro atoms. The van der Waals surface area contributed by atoms with Crippen molar-refractivity contribution in [3.8, 4) is 17.2 Å². The van der Waals surface area contributed by atoms with Crippen LogP contribution in [0.4, 0.5) is 28.4 Å². The maximum Gasteiger partial charge on any atom is 0.193 e. The lowest BCUT2D eigenvalue weighted by atomic mass is 10.0. The predicted molar refractivity (Wildman–Crippen MR) is 237 cm³/mol. The third-order valence-electron chi connectivity index (χ3n) is 9.93. The zero-order chi connectivity index (χ0) is 39.7. The van der Waals surface area contributed by atoms with E-state index in [2.05, 4.69) is 146 Å². The molecule has 0 saturated carbocycles. The van der Waals surface area contributed by atoms with E-state index < -0.39 is 0 Å². The summed E-state index contributed by atoms with van der Waals surface area (Å²) in [6.45, 7) is 6.20. The van der Waals surface area contributed by atoms with Gasteiger partial charge in [0.05, 0.1) is 7.11 Å². The number of methoxy groups -OCH3 is 1. The number of hydrogen-bond donors (Lipinski definition) is 0. The Hall–Kier alpha value is -7.11. The SMILES string of the molecule is COc1ccc(N(C)c2ccc(C)cc2)cc1.Cc1ccc(C(=O)c2ccc(Oc3ccc(N(c4ccc(C)cc4)c4ccc5ccccc5c4)cc3)cc2)cc1. The average molecular weight is 747 g/mol.